The third-order valence-corrected chi connectivity index (χ3v) is 4.18. The van der Waals surface area contributed by atoms with Gasteiger partial charge in [-0.1, -0.05) is 32.4 Å². The molecule has 0 atom stereocenters. The van der Waals surface area contributed by atoms with E-state index in [0.29, 0.717) is 17.6 Å². The zero-order valence-electron chi connectivity index (χ0n) is 13.5. The molecule has 1 aromatic carbocycles. The molecular weight excluding hydrogens is 300 g/mol. The minimum Gasteiger partial charge on any atom is -0.508 e. The van der Waals surface area contributed by atoms with E-state index in [1.807, 2.05) is 31.7 Å². The number of nitrogens with zero attached hydrogens (tertiary/aromatic N) is 1. The van der Waals surface area contributed by atoms with Gasteiger partial charge in [0.05, 0.1) is 0 Å². The Morgan fingerprint density at radius 2 is 1.95 bits per heavy atom. The molecule has 0 aliphatic carbocycles. The Labute approximate surface area is 137 Å². The summed E-state index contributed by atoms with van der Waals surface area (Å²) >= 11 is 5.94. The highest BCUT2D eigenvalue weighted by atomic mass is 35.5. The normalized spacial score (nSPS) is 16.8. The van der Waals surface area contributed by atoms with Crippen LogP contribution in [0.1, 0.15) is 39.2 Å². The first kappa shape index (κ1) is 17.1. The number of piperidine rings is 1. The van der Waals surface area contributed by atoms with Crippen molar-refractivity contribution in [3.8, 4) is 5.75 Å². The van der Waals surface area contributed by atoms with Gasteiger partial charge < -0.3 is 15.3 Å². The lowest BCUT2D eigenvalue weighted by Crippen LogP contribution is -2.48. The van der Waals surface area contributed by atoms with Crippen LogP contribution in [0.25, 0.3) is 0 Å². The van der Waals surface area contributed by atoms with Crippen LogP contribution < -0.4 is 5.32 Å². The Morgan fingerprint density at radius 1 is 1.32 bits per heavy atom. The minimum absolute atomic E-state index is 0.190. The summed E-state index contributed by atoms with van der Waals surface area (Å²) in [5.41, 5.74) is 0.664. The molecule has 0 radical (unpaired) electrons. The summed E-state index contributed by atoms with van der Waals surface area (Å²) < 4.78 is 0. The quantitative estimate of drug-likeness (QED) is 0.898. The van der Waals surface area contributed by atoms with Gasteiger partial charge in [0.15, 0.2) is 0 Å². The van der Waals surface area contributed by atoms with Crippen LogP contribution in [0.2, 0.25) is 5.02 Å². The smallest absolute Gasteiger partial charge is 0.227 e. The number of benzene rings is 1. The van der Waals surface area contributed by atoms with E-state index < -0.39 is 0 Å². The summed E-state index contributed by atoms with van der Waals surface area (Å²) in [5, 5.41) is 13.6. The molecule has 1 aliphatic rings. The molecule has 122 valence electrons. The predicted octanol–water partition coefficient (Wildman–Crippen LogP) is 3.17. The van der Waals surface area contributed by atoms with Crippen molar-refractivity contribution in [3.63, 3.8) is 0 Å². The molecule has 0 spiro atoms. The number of hydrogen-bond acceptors (Lipinski definition) is 3. The maximum atomic E-state index is 12.2. The molecule has 4 nitrogen and oxygen atoms in total. The van der Waals surface area contributed by atoms with Crippen molar-refractivity contribution in [3.05, 3.63) is 28.8 Å². The van der Waals surface area contributed by atoms with Gasteiger partial charge in [-0.15, -0.1) is 0 Å². The molecule has 5 heteroatoms. The van der Waals surface area contributed by atoms with E-state index >= 15 is 0 Å². The fourth-order valence-electron chi connectivity index (χ4n) is 2.76. The number of carbonyl (C=O) groups is 1. The summed E-state index contributed by atoms with van der Waals surface area (Å²) in [7, 11) is 0. The van der Waals surface area contributed by atoms with Crippen molar-refractivity contribution in [1.29, 1.82) is 0 Å². The first-order chi connectivity index (χ1) is 10.3. The van der Waals surface area contributed by atoms with Crippen molar-refractivity contribution in [2.45, 2.75) is 46.2 Å². The predicted molar refractivity (Wildman–Crippen MR) is 89.0 cm³/mol. The lowest BCUT2D eigenvalue weighted by atomic mass is 9.93. The monoisotopic (exact) mass is 324 g/mol. The third-order valence-electron chi connectivity index (χ3n) is 3.96. The van der Waals surface area contributed by atoms with E-state index in [1.54, 1.807) is 6.07 Å². The van der Waals surface area contributed by atoms with Gasteiger partial charge in [-0.05, 0) is 36.6 Å². The average Bonchev–Trinajstić information content (AvgIpc) is 2.43. The Kier molecular flexibility index (Phi) is 5.35. The van der Waals surface area contributed by atoms with Gasteiger partial charge in [0.2, 0.25) is 5.91 Å². The number of hydrogen-bond donors (Lipinski definition) is 2. The molecule has 1 aromatic rings. The SMILES string of the molecule is CC(C)(C)C(=O)N1CCC(NCc2cc(O)cc(Cl)c2)CC1. The van der Waals surface area contributed by atoms with Crippen molar-refractivity contribution < 1.29 is 9.90 Å². The first-order valence-electron chi connectivity index (χ1n) is 7.77. The molecule has 22 heavy (non-hydrogen) atoms. The largest absolute Gasteiger partial charge is 0.508 e. The van der Waals surface area contributed by atoms with Gasteiger partial charge in [0.1, 0.15) is 5.75 Å². The van der Waals surface area contributed by atoms with Crippen molar-refractivity contribution in [1.82, 2.24) is 10.2 Å². The highest BCUT2D eigenvalue weighted by Crippen LogP contribution is 2.22. The fraction of sp³-hybridized carbons (Fsp3) is 0.588. The van der Waals surface area contributed by atoms with Crippen LogP contribution in [-0.2, 0) is 11.3 Å². The Bertz CT molecular complexity index is 512. The van der Waals surface area contributed by atoms with E-state index in [2.05, 4.69) is 5.32 Å². The van der Waals surface area contributed by atoms with E-state index in [0.717, 1.165) is 31.5 Å². The van der Waals surface area contributed by atoms with Gasteiger partial charge in [-0.3, -0.25) is 4.79 Å². The number of phenolic OH excluding ortho intramolecular Hbond substituents is 1. The molecule has 0 unspecified atom stereocenters. The third kappa shape index (κ3) is 4.62. The van der Waals surface area contributed by atoms with Gasteiger partial charge in [0.25, 0.3) is 0 Å². The van der Waals surface area contributed by atoms with Gasteiger partial charge >= 0.3 is 0 Å². The van der Waals surface area contributed by atoms with Gasteiger partial charge in [-0.2, -0.15) is 0 Å². The minimum atomic E-state index is -0.307. The van der Waals surface area contributed by atoms with Crippen LogP contribution >= 0.6 is 11.6 Å². The Morgan fingerprint density at radius 3 is 2.50 bits per heavy atom. The summed E-state index contributed by atoms with van der Waals surface area (Å²) in [6.45, 7) is 8.16. The maximum absolute atomic E-state index is 12.2. The van der Waals surface area contributed by atoms with Gasteiger partial charge in [0, 0.05) is 36.1 Å². The molecule has 0 bridgehead atoms. The van der Waals surface area contributed by atoms with E-state index in [-0.39, 0.29) is 17.1 Å². The van der Waals surface area contributed by atoms with Crippen LogP contribution in [-0.4, -0.2) is 35.0 Å². The average molecular weight is 325 g/mol. The van der Waals surface area contributed by atoms with Crippen molar-refractivity contribution in [2.75, 3.05) is 13.1 Å². The number of nitrogens with one attached hydrogen (secondary N) is 1. The fourth-order valence-corrected chi connectivity index (χ4v) is 3.01. The molecule has 2 N–H and O–H groups in total. The second-order valence-electron chi connectivity index (χ2n) is 7.02. The van der Waals surface area contributed by atoms with Crippen LogP contribution in [0.3, 0.4) is 0 Å². The number of phenols is 1. The van der Waals surface area contributed by atoms with E-state index in [1.165, 1.54) is 6.07 Å². The van der Waals surface area contributed by atoms with Crippen LogP contribution in [0.5, 0.6) is 5.75 Å². The lowest BCUT2D eigenvalue weighted by molar-refractivity contribution is -0.140. The van der Waals surface area contributed by atoms with Crippen LogP contribution in [0.15, 0.2) is 18.2 Å². The Hall–Kier alpha value is -1.26. The molecule has 1 aliphatic heterocycles. The van der Waals surface area contributed by atoms with Crippen LogP contribution in [0.4, 0.5) is 0 Å². The first-order valence-corrected chi connectivity index (χ1v) is 8.15. The summed E-state index contributed by atoms with van der Waals surface area (Å²) in [4.78, 5) is 14.2. The molecule has 0 saturated carbocycles. The summed E-state index contributed by atoms with van der Waals surface area (Å²) in [5.74, 6) is 0.417. The number of carbonyl (C=O) groups excluding carboxylic acids is 1. The maximum Gasteiger partial charge on any atom is 0.227 e. The molecule has 1 saturated heterocycles. The highest BCUT2D eigenvalue weighted by Gasteiger charge is 2.30. The number of rotatable bonds is 3. The van der Waals surface area contributed by atoms with Gasteiger partial charge in [-0.25, -0.2) is 0 Å². The zero-order valence-corrected chi connectivity index (χ0v) is 14.3. The number of halogens is 1. The standard InChI is InChI=1S/C17H25ClN2O2/c1-17(2,3)16(22)20-6-4-14(5-7-20)19-11-12-8-13(18)10-15(21)9-12/h8-10,14,19,21H,4-7,11H2,1-3H3. The Balaban J connectivity index is 1.81. The zero-order chi connectivity index (χ0) is 16.3. The van der Waals surface area contributed by atoms with Crippen LogP contribution in [0, 0.1) is 5.41 Å². The molecule has 1 heterocycles. The molecular formula is C17H25ClN2O2. The van der Waals surface area contributed by atoms with E-state index in [4.69, 9.17) is 11.6 Å². The number of likely N-dealkylation sites (tertiary alicyclic amines) is 1. The van der Waals surface area contributed by atoms with E-state index in [9.17, 15) is 9.90 Å². The number of aromatic hydroxyl groups is 1. The lowest BCUT2D eigenvalue weighted by Gasteiger charge is -2.36. The molecule has 0 aromatic heterocycles. The molecule has 1 fully saturated rings. The van der Waals surface area contributed by atoms with Crippen molar-refractivity contribution >= 4 is 17.5 Å². The van der Waals surface area contributed by atoms with Crippen molar-refractivity contribution in [2.24, 2.45) is 5.41 Å². The number of amides is 1. The highest BCUT2D eigenvalue weighted by molar-refractivity contribution is 6.30. The second kappa shape index (κ2) is 6.88. The topological polar surface area (TPSA) is 52.6 Å². The molecule has 2 rings (SSSR count). The summed E-state index contributed by atoms with van der Waals surface area (Å²) in [6, 6.07) is 5.50. The summed E-state index contributed by atoms with van der Waals surface area (Å²) in [6.07, 6.45) is 1.91. The second-order valence-corrected chi connectivity index (χ2v) is 7.45. The molecule has 1 amide bonds.